The molecule has 0 aliphatic rings. The van der Waals surface area contributed by atoms with Crippen LogP contribution in [0.25, 0.3) is 0 Å². The van der Waals surface area contributed by atoms with Crippen molar-refractivity contribution in [3.05, 3.63) is 56.1 Å². The maximum atomic E-state index is 6.22. The lowest BCUT2D eigenvalue weighted by Crippen LogP contribution is -2.23. The smallest absolute Gasteiger partial charge is 0.150 e. The predicted octanol–water partition coefficient (Wildman–Crippen LogP) is 5.89. The van der Waals surface area contributed by atoms with Gasteiger partial charge in [0.2, 0.25) is 0 Å². The normalized spacial score (nSPS) is 12.3. The van der Waals surface area contributed by atoms with Crippen LogP contribution in [0.4, 0.5) is 5.82 Å². The molecule has 0 N–H and O–H groups in total. The van der Waals surface area contributed by atoms with Crippen LogP contribution in [0.5, 0.6) is 0 Å². The van der Waals surface area contributed by atoms with Gasteiger partial charge in [0.25, 0.3) is 0 Å². The van der Waals surface area contributed by atoms with E-state index in [2.05, 4.69) is 4.98 Å². The molecule has 1 atom stereocenters. The number of halogens is 4. The quantitative estimate of drug-likeness (QED) is 0.642. The molecule has 0 fully saturated rings. The van der Waals surface area contributed by atoms with E-state index in [1.54, 1.807) is 6.07 Å². The van der Waals surface area contributed by atoms with Crippen molar-refractivity contribution in [1.29, 1.82) is 0 Å². The first-order valence-electron chi connectivity index (χ1n) is 5.90. The molecule has 2 nitrogen and oxygen atoms in total. The zero-order valence-corrected chi connectivity index (χ0v) is 13.9. The second kappa shape index (κ2) is 6.40. The van der Waals surface area contributed by atoms with Crippen molar-refractivity contribution >= 4 is 52.2 Å². The summed E-state index contributed by atoms with van der Waals surface area (Å²) < 4.78 is 0. The van der Waals surface area contributed by atoms with Gasteiger partial charge in [0.1, 0.15) is 11.0 Å². The first-order chi connectivity index (χ1) is 9.41. The topological polar surface area (TPSA) is 16.1 Å². The number of anilines is 1. The Morgan fingerprint density at radius 1 is 1.00 bits per heavy atom. The number of hydrogen-bond acceptors (Lipinski definition) is 2. The summed E-state index contributed by atoms with van der Waals surface area (Å²) >= 11 is 24.3. The zero-order valence-electron chi connectivity index (χ0n) is 10.9. The average molecular weight is 350 g/mol. The summed E-state index contributed by atoms with van der Waals surface area (Å²) in [7, 11) is 1.88. The fraction of sp³-hybridized carbons (Fsp3) is 0.214. The number of rotatable bonds is 3. The molecule has 0 radical (unpaired) electrons. The lowest BCUT2D eigenvalue weighted by molar-refractivity contribution is 0.729. The largest absolute Gasteiger partial charge is 0.352 e. The van der Waals surface area contributed by atoms with Gasteiger partial charge in [0.05, 0.1) is 16.1 Å². The molecule has 106 valence electrons. The van der Waals surface area contributed by atoms with Gasteiger partial charge in [-0.1, -0.05) is 64.6 Å². The number of nitrogens with zero attached hydrogens (tertiary/aromatic N) is 2. The Kier molecular flexibility index (Phi) is 5.03. The Hall–Kier alpha value is -0.670. The molecular weight excluding hydrogens is 338 g/mol. The van der Waals surface area contributed by atoms with Crippen molar-refractivity contribution in [1.82, 2.24) is 4.98 Å². The van der Waals surface area contributed by atoms with Crippen LogP contribution in [0.2, 0.25) is 20.2 Å². The summed E-state index contributed by atoms with van der Waals surface area (Å²) in [6.07, 6.45) is 0. The Morgan fingerprint density at radius 3 is 2.30 bits per heavy atom. The van der Waals surface area contributed by atoms with E-state index < -0.39 is 0 Å². The highest BCUT2D eigenvalue weighted by molar-refractivity contribution is 6.43. The second-order valence-electron chi connectivity index (χ2n) is 4.37. The standard InChI is InChI=1S/C14H12Cl4N2/c1-8(9-5-3-4-6-10(9)15)20(2)14-12(17)7-11(16)13(18)19-14/h3-8H,1-2H3. The predicted molar refractivity (Wildman–Crippen MR) is 87.5 cm³/mol. The first-order valence-corrected chi connectivity index (χ1v) is 7.41. The Morgan fingerprint density at radius 2 is 1.65 bits per heavy atom. The Balaban J connectivity index is 2.39. The van der Waals surface area contributed by atoms with Crippen molar-refractivity contribution in [3.8, 4) is 0 Å². The molecule has 1 aromatic carbocycles. The Bertz CT molecular complexity index is 631. The third-order valence-corrected chi connectivity index (χ3v) is 4.43. The highest BCUT2D eigenvalue weighted by Crippen LogP contribution is 2.35. The molecule has 0 aliphatic carbocycles. The highest BCUT2D eigenvalue weighted by Gasteiger charge is 2.19. The van der Waals surface area contributed by atoms with Crippen molar-refractivity contribution in [2.75, 3.05) is 11.9 Å². The molecule has 0 saturated heterocycles. The minimum absolute atomic E-state index is 0.00839. The van der Waals surface area contributed by atoms with Gasteiger partial charge < -0.3 is 4.90 Å². The first kappa shape index (κ1) is 15.7. The van der Waals surface area contributed by atoms with Crippen molar-refractivity contribution in [2.45, 2.75) is 13.0 Å². The zero-order chi connectivity index (χ0) is 14.9. The van der Waals surface area contributed by atoms with Gasteiger partial charge in [-0.25, -0.2) is 4.98 Å². The molecule has 1 aromatic heterocycles. The summed E-state index contributed by atoms with van der Waals surface area (Å²) in [6, 6.07) is 9.23. The maximum absolute atomic E-state index is 6.22. The van der Waals surface area contributed by atoms with E-state index in [4.69, 9.17) is 46.4 Å². The van der Waals surface area contributed by atoms with Crippen LogP contribution in [-0.4, -0.2) is 12.0 Å². The van der Waals surface area contributed by atoms with Crippen LogP contribution in [-0.2, 0) is 0 Å². The SMILES string of the molecule is CC(c1ccccc1Cl)N(C)c1nc(Cl)c(Cl)cc1Cl. The molecule has 0 amide bonds. The van der Waals surface area contributed by atoms with Crippen molar-refractivity contribution < 1.29 is 0 Å². The molecule has 6 heteroatoms. The van der Waals surface area contributed by atoms with E-state index in [0.29, 0.717) is 20.9 Å². The molecule has 0 spiro atoms. The highest BCUT2D eigenvalue weighted by atomic mass is 35.5. The van der Waals surface area contributed by atoms with Crippen LogP contribution in [0.15, 0.2) is 30.3 Å². The number of pyridine rings is 1. The average Bonchev–Trinajstić information content (AvgIpc) is 2.42. The molecule has 2 rings (SSSR count). The fourth-order valence-corrected chi connectivity index (χ4v) is 2.81. The fourth-order valence-electron chi connectivity index (χ4n) is 1.89. The second-order valence-corrected chi connectivity index (χ2v) is 5.95. The van der Waals surface area contributed by atoms with Crippen LogP contribution in [0.3, 0.4) is 0 Å². The van der Waals surface area contributed by atoms with Gasteiger partial charge in [-0.3, -0.25) is 0 Å². The lowest BCUT2D eigenvalue weighted by Gasteiger charge is -2.28. The molecule has 1 unspecified atom stereocenters. The van der Waals surface area contributed by atoms with E-state index >= 15 is 0 Å². The van der Waals surface area contributed by atoms with Crippen molar-refractivity contribution in [3.63, 3.8) is 0 Å². The molecule has 1 heterocycles. The van der Waals surface area contributed by atoms with Gasteiger partial charge in [0, 0.05) is 12.1 Å². The van der Waals surface area contributed by atoms with Crippen LogP contribution >= 0.6 is 46.4 Å². The van der Waals surface area contributed by atoms with Gasteiger partial charge >= 0.3 is 0 Å². The van der Waals surface area contributed by atoms with E-state index in [1.165, 1.54) is 0 Å². The van der Waals surface area contributed by atoms with Crippen LogP contribution in [0.1, 0.15) is 18.5 Å². The summed E-state index contributed by atoms with van der Waals surface area (Å²) in [5.41, 5.74) is 0.987. The number of hydrogen-bond donors (Lipinski definition) is 0. The minimum atomic E-state index is -0.00839. The summed E-state index contributed by atoms with van der Waals surface area (Å²) in [5, 5.41) is 1.70. The van der Waals surface area contributed by atoms with Gasteiger partial charge in [-0.05, 0) is 24.6 Å². The van der Waals surface area contributed by atoms with Crippen LogP contribution < -0.4 is 4.90 Å². The lowest BCUT2D eigenvalue weighted by atomic mass is 10.1. The van der Waals surface area contributed by atoms with E-state index in [9.17, 15) is 0 Å². The van der Waals surface area contributed by atoms with Crippen molar-refractivity contribution in [2.24, 2.45) is 0 Å². The molecule has 0 aliphatic heterocycles. The minimum Gasteiger partial charge on any atom is -0.352 e. The Labute approximate surface area is 138 Å². The number of benzene rings is 1. The summed E-state index contributed by atoms with van der Waals surface area (Å²) in [6.45, 7) is 2.02. The van der Waals surface area contributed by atoms with Gasteiger partial charge in [-0.15, -0.1) is 0 Å². The third-order valence-electron chi connectivity index (χ3n) is 3.14. The molecule has 0 bridgehead atoms. The summed E-state index contributed by atoms with van der Waals surface area (Å²) in [4.78, 5) is 6.14. The molecule has 20 heavy (non-hydrogen) atoms. The molecule has 2 aromatic rings. The summed E-state index contributed by atoms with van der Waals surface area (Å²) in [5.74, 6) is 0.563. The number of aromatic nitrogens is 1. The third kappa shape index (κ3) is 3.15. The molecular formula is C14H12Cl4N2. The maximum Gasteiger partial charge on any atom is 0.150 e. The van der Waals surface area contributed by atoms with Gasteiger partial charge in [0.15, 0.2) is 0 Å². The van der Waals surface area contributed by atoms with E-state index in [-0.39, 0.29) is 11.2 Å². The van der Waals surface area contributed by atoms with Gasteiger partial charge in [-0.2, -0.15) is 0 Å². The van der Waals surface area contributed by atoms with E-state index in [0.717, 1.165) is 5.56 Å². The van der Waals surface area contributed by atoms with Crippen LogP contribution in [0, 0.1) is 0 Å². The monoisotopic (exact) mass is 348 g/mol. The molecule has 0 saturated carbocycles. The van der Waals surface area contributed by atoms with E-state index in [1.807, 2.05) is 43.1 Å².